The number of halogens is 1. The second-order valence-corrected chi connectivity index (χ2v) is 4.41. The molecule has 0 fully saturated rings. The highest BCUT2D eigenvalue weighted by atomic mass is 32.2. The van der Waals surface area contributed by atoms with E-state index in [4.69, 9.17) is 11.6 Å². The van der Waals surface area contributed by atoms with Crippen molar-refractivity contribution in [2.24, 2.45) is 5.84 Å². The van der Waals surface area contributed by atoms with Crippen molar-refractivity contribution in [2.75, 3.05) is 11.5 Å². The molecule has 5 N–H and O–H groups in total. The molecule has 0 aromatic heterocycles. The third kappa shape index (κ3) is 4.50. The molecule has 1 rings (SSSR count). The Kier molecular flexibility index (Phi) is 5.07. The van der Waals surface area contributed by atoms with Crippen LogP contribution in [0.2, 0.25) is 0 Å². The number of carbonyl (C=O) groups excluding carboxylic acids is 1. The lowest BCUT2D eigenvalue weighted by atomic mass is 10.3. The molecule has 0 aliphatic rings. The number of nitrogen functional groups attached to an aromatic ring is 1. The van der Waals surface area contributed by atoms with Crippen LogP contribution >= 0.6 is 11.8 Å². The Morgan fingerprint density at radius 3 is 2.81 bits per heavy atom. The Bertz CT molecular complexity index is 353. The van der Waals surface area contributed by atoms with Crippen LogP contribution < -0.4 is 17.0 Å². The molecule has 0 atom stereocenters. The Morgan fingerprint density at radius 1 is 1.44 bits per heavy atom. The zero-order valence-corrected chi connectivity index (χ0v) is 9.52. The van der Waals surface area contributed by atoms with Gasteiger partial charge in [-0.25, -0.2) is 10.2 Å². The normalized spacial score (nSPS) is 10.1. The maximum atomic E-state index is 12.9. The predicted octanol–water partition coefficient (Wildman–Crippen LogP) is 1.27. The van der Waals surface area contributed by atoms with Gasteiger partial charge < -0.3 is 5.73 Å². The minimum atomic E-state index is -0.345. The van der Waals surface area contributed by atoms with Crippen LogP contribution in [0.4, 0.5) is 10.1 Å². The summed E-state index contributed by atoms with van der Waals surface area (Å²) in [6.07, 6.45) is 1.05. The van der Waals surface area contributed by atoms with E-state index >= 15 is 0 Å². The van der Waals surface area contributed by atoms with E-state index in [-0.39, 0.29) is 11.7 Å². The molecular formula is C10H14FN3OS. The van der Waals surface area contributed by atoms with E-state index in [0.29, 0.717) is 18.5 Å². The smallest absolute Gasteiger partial charge is 0.233 e. The molecule has 1 amide bonds. The summed E-state index contributed by atoms with van der Waals surface area (Å²) < 4.78 is 12.9. The van der Waals surface area contributed by atoms with Crippen molar-refractivity contribution in [3.05, 3.63) is 24.0 Å². The second kappa shape index (κ2) is 6.34. The number of hydrazine groups is 1. The van der Waals surface area contributed by atoms with Crippen molar-refractivity contribution in [3.8, 4) is 0 Å². The fraction of sp³-hybridized carbons (Fsp3) is 0.300. The Labute approximate surface area is 97.5 Å². The third-order valence-corrected chi connectivity index (χ3v) is 2.93. The van der Waals surface area contributed by atoms with Gasteiger partial charge in [0.2, 0.25) is 5.91 Å². The monoisotopic (exact) mass is 243 g/mol. The van der Waals surface area contributed by atoms with E-state index in [2.05, 4.69) is 5.43 Å². The number of anilines is 1. The van der Waals surface area contributed by atoms with Crippen molar-refractivity contribution >= 4 is 23.4 Å². The van der Waals surface area contributed by atoms with E-state index in [0.717, 1.165) is 10.6 Å². The van der Waals surface area contributed by atoms with E-state index in [9.17, 15) is 9.18 Å². The quantitative estimate of drug-likeness (QED) is 0.182. The molecule has 1 aromatic rings. The predicted molar refractivity (Wildman–Crippen MR) is 63.1 cm³/mol. The first-order valence-electron chi connectivity index (χ1n) is 4.80. The van der Waals surface area contributed by atoms with Gasteiger partial charge in [0.1, 0.15) is 5.82 Å². The zero-order valence-electron chi connectivity index (χ0n) is 8.70. The number of nitrogens with two attached hydrogens (primary N) is 2. The first kappa shape index (κ1) is 12.8. The number of hydrogen-bond acceptors (Lipinski definition) is 4. The van der Waals surface area contributed by atoms with E-state index in [1.807, 2.05) is 0 Å². The summed E-state index contributed by atoms with van der Waals surface area (Å²) in [5.41, 5.74) is 7.96. The number of nitrogens with one attached hydrogen (secondary N) is 1. The number of rotatable bonds is 5. The molecule has 1 aromatic carbocycles. The summed E-state index contributed by atoms with van der Waals surface area (Å²) in [6, 6.07) is 4.40. The fourth-order valence-electron chi connectivity index (χ4n) is 1.16. The van der Waals surface area contributed by atoms with Gasteiger partial charge in [-0.3, -0.25) is 10.2 Å². The van der Waals surface area contributed by atoms with Gasteiger partial charge in [0.05, 0.1) is 0 Å². The van der Waals surface area contributed by atoms with Crippen LogP contribution in [0.25, 0.3) is 0 Å². The summed E-state index contributed by atoms with van der Waals surface area (Å²) in [4.78, 5) is 11.6. The van der Waals surface area contributed by atoms with E-state index in [1.165, 1.54) is 23.9 Å². The molecule has 4 nitrogen and oxygen atoms in total. The van der Waals surface area contributed by atoms with Gasteiger partial charge in [0.15, 0.2) is 0 Å². The SMILES string of the molecule is NNC(=O)CCCSc1cc(N)cc(F)c1. The van der Waals surface area contributed by atoms with Gasteiger partial charge in [-0.15, -0.1) is 11.8 Å². The molecule has 0 aliphatic heterocycles. The summed E-state index contributed by atoms with van der Waals surface area (Å²) in [5.74, 6) is 5.11. The van der Waals surface area contributed by atoms with Gasteiger partial charge in [-0.1, -0.05) is 0 Å². The van der Waals surface area contributed by atoms with E-state index < -0.39 is 0 Å². The first-order chi connectivity index (χ1) is 7.61. The lowest BCUT2D eigenvalue weighted by Gasteiger charge is -2.03. The van der Waals surface area contributed by atoms with Crippen LogP contribution in [0.5, 0.6) is 0 Å². The molecule has 0 spiro atoms. The molecule has 0 unspecified atom stereocenters. The second-order valence-electron chi connectivity index (χ2n) is 3.24. The standard InChI is InChI=1S/C10H14FN3OS/c11-7-4-8(12)6-9(5-7)16-3-1-2-10(15)14-13/h4-6H,1-3,12-13H2,(H,14,15). The summed E-state index contributed by atoms with van der Waals surface area (Å²) in [6.45, 7) is 0. The average molecular weight is 243 g/mol. The third-order valence-electron chi connectivity index (χ3n) is 1.87. The van der Waals surface area contributed by atoms with Crippen molar-refractivity contribution in [3.63, 3.8) is 0 Å². The number of thioether (sulfide) groups is 1. The Morgan fingerprint density at radius 2 is 2.19 bits per heavy atom. The van der Waals surface area contributed by atoms with Crippen LogP contribution in [-0.2, 0) is 4.79 Å². The number of carbonyl (C=O) groups is 1. The van der Waals surface area contributed by atoms with Crippen LogP contribution in [-0.4, -0.2) is 11.7 Å². The molecule has 0 saturated heterocycles. The molecule has 0 radical (unpaired) electrons. The highest BCUT2D eigenvalue weighted by Gasteiger charge is 2.01. The lowest BCUT2D eigenvalue weighted by Crippen LogP contribution is -2.29. The Balaban J connectivity index is 2.34. The highest BCUT2D eigenvalue weighted by molar-refractivity contribution is 7.99. The van der Waals surface area contributed by atoms with Crippen LogP contribution in [0.15, 0.2) is 23.1 Å². The molecule has 16 heavy (non-hydrogen) atoms. The van der Waals surface area contributed by atoms with Crippen LogP contribution in [0.3, 0.4) is 0 Å². The maximum Gasteiger partial charge on any atom is 0.233 e. The first-order valence-corrected chi connectivity index (χ1v) is 5.78. The van der Waals surface area contributed by atoms with Gasteiger partial charge in [-0.2, -0.15) is 0 Å². The topological polar surface area (TPSA) is 81.1 Å². The average Bonchev–Trinajstić information content (AvgIpc) is 2.22. The van der Waals surface area contributed by atoms with Crippen molar-refractivity contribution in [1.29, 1.82) is 0 Å². The largest absolute Gasteiger partial charge is 0.399 e. The summed E-state index contributed by atoms with van der Waals surface area (Å²) in [5, 5.41) is 0. The molecule has 0 heterocycles. The van der Waals surface area contributed by atoms with Crippen LogP contribution in [0.1, 0.15) is 12.8 Å². The summed E-state index contributed by atoms with van der Waals surface area (Å²) in [7, 11) is 0. The van der Waals surface area contributed by atoms with Gasteiger partial charge in [-0.05, 0) is 30.4 Å². The van der Waals surface area contributed by atoms with Gasteiger partial charge in [0.25, 0.3) is 0 Å². The minimum absolute atomic E-state index is 0.195. The van der Waals surface area contributed by atoms with E-state index in [1.54, 1.807) is 6.07 Å². The molecular weight excluding hydrogens is 229 g/mol. The zero-order chi connectivity index (χ0) is 12.0. The number of benzene rings is 1. The molecule has 0 bridgehead atoms. The molecule has 0 saturated carbocycles. The van der Waals surface area contributed by atoms with Gasteiger partial charge >= 0.3 is 0 Å². The van der Waals surface area contributed by atoms with Crippen LogP contribution in [0, 0.1) is 5.82 Å². The number of amides is 1. The molecule has 6 heteroatoms. The highest BCUT2D eigenvalue weighted by Crippen LogP contribution is 2.22. The number of hydrogen-bond donors (Lipinski definition) is 3. The molecule has 0 aliphatic carbocycles. The van der Waals surface area contributed by atoms with Crippen molar-refractivity contribution in [1.82, 2.24) is 5.43 Å². The fourth-order valence-corrected chi connectivity index (χ4v) is 2.10. The van der Waals surface area contributed by atoms with Gasteiger partial charge in [0, 0.05) is 17.0 Å². The van der Waals surface area contributed by atoms with Crippen molar-refractivity contribution in [2.45, 2.75) is 17.7 Å². The molecule has 88 valence electrons. The lowest BCUT2D eigenvalue weighted by molar-refractivity contribution is -0.121. The minimum Gasteiger partial charge on any atom is -0.399 e. The van der Waals surface area contributed by atoms with Crippen molar-refractivity contribution < 1.29 is 9.18 Å². The maximum absolute atomic E-state index is 12.9. The summed E-state index contributed by atoms with van der Waals surface area (Å²) >= 11 is 1.46. The Hall–Kier alpha value is -1.27.